The molecule has 0 heterocycles. The Morgan fingerprint density at radius 1 is 0.932 bits per heavy atom. The molecule has 0 amide bonds. The summed E-state index contributed by atoms with van der Waals surface area (Å²) >= 11 is 0. The van der Waals surface area contributed by atoms with Gasteiger partial charge in [-0.15, -0.1) is 0 Å². The molecule has 3 aromatic carbocycles. The molecule has 0 aliphatic heterocycles. The predicted molar refractivity (Wildman–Crippen MR) is 165 cm³/mol. The van der Waals surface area contributed by atoms with Crippen LogP contribution in [-0.2, 0) is 14.4 Å². The van der Waals surface area contributed by atoms with Crippen LogP contribution in [0.25, 0.3) is 28.2 Å². The number of aliphatic hydroxyl groups excluding tert-OH is 3. The summed E-state index contributed by atoms with van der Waals surface area (Å²) < 4.78 is 0. The van der Waals surface area contributed by atoms with Crippen molar-refractivity contribution in [3.63, 3.8) is 0 Å². The number of fused-ring (bicyclic) bond motifs is 4. The number of phenolic OH excluding ortho intramolecular Hbond substituents is 1. The molecule has 0 aromatic heterocycles. The first-order valence-electron chi connectivity index (χ1n) is 14.5. The summed E-state index contributed by atoms with van der Waals surface area (Å²) in [5, 5.41) is 60.9. The van der Waals surface area contributed by atoms with Gasteiger partial charge in [0.25, 0.3) is 0 Å². The number of carbonyl (C=O) groups excluding carboxylic acids is 3. The van der Waals surface area contributed by atoms with Crippen LogP contribution in [0.5, 0.6) is 5.75 Å². The molecule has 5 N–H and O–H groups in total. The third kappa shape index (κ3) is 3.43. The minimum absolute atomic E-state index is 0.0812. The van der Waals surface area contributed by atoms with Crippen LogP contribution in [0.15, 0.2) is 77.6 Å². The third-order valence-electron chi connectivity index (χ3n) is 10.2. The highest BCUT2D eigenvalue weighted by Gasteiger charge is 2.76. The molecule has 1 fully saturated rings. The number of Topliss-reactive ketones (excluding diaryl/α,β-unsaturated/α-hetero) is 3. The maximum absolute atomic E-state index is 14.7. The first kappa shape index (κ1) is 29.5. The Labute approximate surface area is 254 Å². The summed E-state index contributed by atoms with van der Waals surface area (Å²) in [5.74, 6) is -6.81. The van der Waals surface area contributed by atoms with E-state index < -0.39 is 74.4 Å². The fourth-order valence-electron chi connectivity index (χ4n) is 8.16. The Kier molecular flexibility index (Phi) is 6.37. The minimum Gasteiger partial charge on any atom is -0.508 e. The summed E-state index contributed by atoms with van der Waals surface area (Å²) in [6, 6.07) is 18.0. The van der Waals surface area contributed by atoms with Crippen molar-refractivity contribution in [1.82, 2.24) is 0 Å². The van der Waals surface area contributed by atoms with Crippen LogP contribution >= 0.6 is 0 Å². The lowest BCUT2D eigenvalue weighted by atomic mass is 9.41. The van der Waals surface area contributed by atoms with Crippen molar-refractivity contribution in [3.05, 3.63) is 94.3 Å². The third-order valence-corrected chi connectivity index (χ3v) is 10.2. The molecule has 3 aliphatic carbocycles. The normalized spacial score (nSPS) is 31.0. The summed E-state index contributed by atoms with van der Waals surface area (Å²) in [4.78, 5) is 41.2. The van der Waals surface area contributed by atoms with Crippen molar-refractivity contribution in [3.8, 4) is 5.75 Å². The number of ketones is 3. The van der Waals surface area contributed by atoms with E-state index >= 15 is 0 Å². The van der Waals surface area contributed by atoms with Crippen LogP contribution in [0, 0.1) is 22.7 Å². The lowest BCUT2D eigenvalue weighted by Gasteiger charge is -2.62. The van der Waals surface area contributed by atoms with Crippen LogP contribution in [0.4, 0.5) is 0 Å². The zero-order valence-corrected chi connectivity index (χ0v) is 25.0. The number of carbonyl (C=O) groups is 3. The molecule has 0 saturated heterocycles. The van der Waals surface area contributed by atoms with Crippen molar-refractivity contribution in [2.24, 2.45) is 22.7 Å². The molecule has 226 valence electrons. The summed E-state index contributed by atoms with van der Waals surface area (Å²) in [6.45, 7) is 7.33. The molecule has 0 spiro atoms. The Morgan fingerprint density at radius 2 is 1.59 bits per heavy atom. The van der Waals surface area contributed by atoms with Gasteiger partial charge >= 0.3 is 0 Å². The number of benzene rings is 3. The van der Waals surface area contributed by atoms with E-state index in [2.05, 4.69) is 0 Å². The number of phenols is 1. The number of hydrogen-bond donors (Lipinski definition) is 5. The largest absolute Gasteiger partial charge is 0.508 e. The molecule has 0 bridgehead atoms. The fraction of sp³-hybridized carbons (Fsp3) is 0.306. The summed E-state index contributed by atoms with van der Waals surface area (Å²) in [5.41, 5.74) is -6.60. The average molecular weight is 595 g/mol. The van der Waals surface area contributed by atoms with Crippen molar-refractivity contribution in [1.29, 1.82) is 0 Å². The second-order valence-electron chi connectivity index (χ2n) is 12.9. The highest BCUT2D eigenvalue weighted by atomic mass is 16.4. The van der Waals surface area contributed by atoms with E-state index in [-0.39, 0.29) is 11.3 Å². The van der Waals surface area contributed by atoms with Crippen molar-refractivity contribution >= 4 is 45.5 Å². The van der Waals surface area contributed by atoms with E-state index in [0.717, 1.165) is 17.7 Å². The Morgan fingerprint density at radius 3 is 2.23 bits per heavy atom. The molecule has 44 heavy (non-hydrogen) atoms. The molecule has 3 aliphatic rings. The average Bonchev–Trinajstić information content (AvgIpc) is 2.96. The van der Waals surface area contributed by atoms with Crippen LogP contribution in [-0.4, -0.2) is 54.6 Å². The van der Waals surface area contributed by atoms with E-state index in [0.29, 0.717) is 16.7 Å². The first-order chi connectivity index (χ1) is 20.6. The van der Waals surface area contributed by atoms with E-state index in [4.69, 9.17) is 0 Å². The molecule has 8 nitrogen and oxygen atoms in total. The van der Waals surface area contributed by atoms with E-state index in [9.17, 15) is 39.9 Å². The highest BCUT2D eigenvalue weighted by molar-refractivity contribution is 6.25. The van der Waals surface area contributed by atoms with Crippen molar-refractivity contribution in [2.75, 3.05) is 0 Å². The first-order valence-corrected chi connectivity index (χ1v) is 14.5. The van der Waals surface area contributed by atoms with Gasteiger partial charge in [-0.3, -0.25) is 14.4 Å². The van der Waals surface area contributed by atoms with Gasteiger partial charge in [0.1, 0.15) is 22.8 Å². The standard InChI is InChI=1S/C36H34O8/c1-17(2)27-29(39)25(18(3)37)31(41)36(44)32(42)28-30(40)26-22(11-8-12-24(26)38)23(34(28,4)33(43)35(27,36)5)16-19-13-14-20-9-6-7-10-21(20)15-19/h6-17,27,33,38,40-41,43-44H,1-5H3/b23-16+/t27?,33-,34+,35+,36+/m1/s1. The molecular weight excluding hydrogens is 560 g/mol. The summed E-state index contributed by atoms with van der Waals surface area (Å²) in [7, 11) is 0. The van der Waals surface area contributed by atoms with Crippen molar-refractivity contribution < 1.29 is 39.9 Å². The molecule has 1 saturated carbocycles. The van der Waals surface area contributed by atoms with Gasteiger partial charge in [0.15, 0.2) is 17.2 Å². The van der Waals surface area contributed by atoms with Gasteiger partial charge in [-0.1, -0.05) is 75.4 Å². The molecule has 5 atom stereocenters. The van der Waals surface area contributed by atoms with Gasteiger partial charge < -0.3 is 25.5 Å². The fourth-order valence-corrected chi connectivity index (χ4v) is 8.16. The molecular formula is C36H34O8. The van der Waals surface area contributed by atoms with Crippen molar-refractivity contribution in [2.45, 2.75) is 46.3 Å². The number of aromatic hydroxyl groups is 1. The lowest BCUT2D eigenvalue weighted by Crippen LogP contribution is -2.75. The van der Waals surface area contributed by atoms with Crippen LogP contribution in [0.3, 0.4) is 0 Å². The number of allylic oxidation sites excluding steroid dienone is 1. The molecule has 3 aromatic rings. The van der Waals surface area contributed by atoms with E-state index in [1.54, 1.807) is 39.0 Å². The molecule has 6 rings (SSSR count). The number of hydrogen-bond acceptors (Lipinski definition) is 8. The second-order valence-corrected chi connectivity index (χ2v) is 12.9. The van der Waals surface area contributed by atoms with Gasteiger partial charge in [0.05, 0.1) is 22.7 Å². The molecule has 1 unspecified atom stereocenters. The topological polar surface area (TPSA) is 152 Å². The van der Waals surface area contributed by atoms with Gasteiger partial charge in [0, 0.05) is 11.3 Å². The van der Waals surface area contributed by atoms with E-state index in [1.165, 1.54) is 13.0 Å². The Balaban J connectivity index is 1.74. The van der Waals surface area contributed by atoms with Crippen LogP contribution in [0.2, 0.25) is 0 Å². The van der Waals surface area contributed by atoms with E-state index in [1.807, 2.05) is 42.5 Å². The van der Waals surface area contributed by atoms with Gasteiger partial charge in [-0.2, -0.15) is 0 Å². The Bertz CT molecular complexity index is 1910. The number of aliphatic hydroxyl groups is 4. The maximum Gasteiger partial charge on any atom is 0.203 e. The van der Waals surface area contributed by atoms with Crippen LogP contribution in [0.1, 0.15) is 51.3 Å². The SMILES string of the molecule is CC(=O)C1=C(O)[C@]2(O)C(=O)C3=C(O)c4c(O)cccc4/C(=C\c4ccc5ccccc5c4)[C@]3(C)[C@@H](O)[C@]2(C)C(C(C)C)C1=O. The van der Waals surface area contributed by atoms with Gasteiger partial charge in [-0.25, -0.2) is 0 Å². The quantitative estimate of drug-likeness (QED) is 0.256. The second kappa shape index (κ2) is 9.48. The monoisotopic (exact) mass is 594 g/mol. The zero-order chi connectivity index (χ0) is 32.1. The maximum atomic E-state index is 14.7. The van der Waals surface area contributed by atoms with Gasteiger partial charge in [0.2, 0.25) is 5.78 Å². The smallest absolute Gasteiger partial charge is 0.203 e. The molecule has 8 heteroatoms. The Hall–Kier alpha value is -4.53. The zero-order valence-electron chi connectivity index (χ0n) is 25.0. The predicted octanol–water partition coefficient (Wildman–Crippen LogP) is 5.31. The minimum atomic E-state index is -2.95. The summed E-state index contributed by atoms with van der Waals surface area (Å²) in [6.07, 6.45) is -0.00307. The van der Waals surface area contributed by atoms with Gasteiger partial charge in [-0.05, 0) is 59.4 Å². The van der Waals surface area contributed by atoms with Crippen LogP contribution < -0.4 is 0 Å². The highest BCUT2D eigenvalue weighted by Crippen LogP contribution is 2.67. The lowest BCUT2D eigenvalue weighted by molar-refractivity contribution is -0.207. The number of rotatable bonds is 3. The molecule has 0 radical (unpaired) electrons.